The minimum atomic E-state index is -0.0381. The molecule has 0 amide bonds. The fourth-order valence-corrected chi connectivity index (χ4v) is 2.62. The van der Waals surface area contributed by atoms with E-state index in [4.69, 9.17) is 0 Å². The smallest absolute Gasteiger partial charge is 0.0629 e. The second-order valence-electron chi connectivity index (χ2n) is 5.57. The number of nitrogens with zero attached hydrogens (tertiary/aromatic N) is 1. The van der Waals surface area contributed by atoms with E-state index >= 15 is 0 Å². The second-order valence-corrected chi connectivity index (χ2v) is 5.57. The lowest BCUT2D eigenvalue weighted by molar-refractivity contribution is -0.170. The third-order valence-corrected chi connectivity index (χ3v) is 3.74. The SMILES string of the molecule is CC(C)C(c1ccccc1)N(O)C(C)c1ccccc1. The first-order valence-corrected chi connectivity index (χ1v) is 7.18. The molecule has 0 saturated carbocycles. The summed E-state index contributed by atoms with van der Waals surface area (Å²) in [5.74, 6) is 0.327. The van der Waals surface area contributed by atoms with Gasteiger partial charge in [-0.25, -0.2) is 0 Å². The van der Waals surface area contributed by atoms with Crippen LogP contribution in [0.1, 0.15) is 44.0 Å². The molecule has 106 valence electrons. The molecule has 0 fully saturated rings. The molecule has 0 aliphatic rings. The van der Waals surface area contributed by atoms with Gasteiger partial charge in [-0.05, 0) is 24.0 Å². The molecule has 0 bridgehead atoms. The number of hydrogen-bond donors (Lipinski definition) is 1. The number of benzene rings is 2. The summed E-state index contributed by atoms with van der Waals surface area (Å²) in [4.78, 5) is 0. The highest BCUT2D eigenvalue weighted by atomic mass is 16.5. The van der Waals surface area contributed by atoms with E-state index in [0.717, 1.165) is 11.1 Å². The maximum Gasteiger partial charge on any atom is 0.0629 e. The molecule has 1 N–H and O–H groups in total. The van der Waals surface area contributed by atoms with Crippen molar-refractivity contribution in [3.05, 3.63) is 71.8 Å². The van der Waals surface area contributed by atoms with Gasteiger partial charge in [-0.2, -0.15) is 5.06 Å². The third-order valence-electron chi connectivity index (χ3n) is 3.74. The maximum atomic E-state index is 10.7. The van der Waals surface area contributed by atoms with Gasteiger partial charge in [0.25, 0.3) is 0 Å². The molecule has 0 aliphatic heterocycles. The van der Waals surface area contributed by atoms with Gasteiger partial charge in [-0.15, -0.1) is 0 Å². The first-order chi connectivity index (χ1) is 9.61. The molecule has 2 unspecified atom stereocenters. The lowest BCUT2D eigenvalue weighted by atomic mass is 9.94. The zero-order chi connectivity index (χ0) is 14.5. The summed E-state index contributed by atoms with van der Waals surface area (Å²) in [6.07, 6.45) is 0. The van der Waals surface area contributed by atoms with Gasteiger partial charge in [0, 0.05) is 0 Å². The standard InChI is InChI=1S/C18H23NO/c1-14(2)18(17-12-8-5-9-13-17)19(20)15(3)16-10-6-4-7-11-16/h4-15,18,20H,1-3H3. The molecule has 0 aliphatic carbocycles. The molecule has 2 aromatic carbocycles. The molecule has 0 saturated heterocycles. The summed E-state index contributed by atoms with van der Waals surface area (Å²) in [5.41, 5.74) is 2.27. The summed E-state index contributed by atoms with van der Waals surface area (Å²) in [6, 6.07) is 20.3. The van der Waals surface area contributed by atoms with Crippen molar-refractivity contribution in [2.75, 3.05) is 0 Å². The van der Waals surface area contributed by atoms with Gasteiger partial charge in [0.2, 0.25) is 0 Å². The Morgan fingerprint density at radius 2 is 1.20 bits per heavy atom. The minimum Gasteiger partial charge on any atom is -0.313 e. The van der Waals surface area contributed by atoms with Gasteiger partial charge in [-0.3, -0.25) is 0 Å². The minimum absolute atomic E-state index is 0.00796. The molecule has 2 nitrogen and oxygen atoms in total. The quantitative estimate of drug-likeness (QED) is 0.785. The Morgan fingerprint density at radius 1 is 0.750 bits per heavy atom. The highest BCUT2D eigenvalue weighted by Crippen LogP contribution is 2.33. The summed E-state index contributed by atoms with van der Waals surface area (Å²) in [7, 11) is 0. The summed E-state index contributed by atoms with van der Waals surface area (Å²) < 4.78 is 0. The van der Waals surface area contributed by atoms with Crippen LogP contribution >= 0.6 is 0 Å². The lowest BCUT2D eigenvalue weighted by Crippen LogP contribution is -2.31. The largest absolute Gasteiger partial charge is 0.313 e. The summed E-state index contributed by atoms with van der Waals surface area (Å²) in [6.45, 7) is 6.31. The first-order valence-electron chi connectivity index (χ1n) is 7.18. The van der Waals surface area contributed by atoms with Gasteiger partial charge in [-0.1, -0.05) is 74.5 Å². The van der Waals surface area contributed by atoms with E-state index in [1.807, 2.05) is 43.3 Å². The van der Waals surface area contributed by atoms with Gasteiger partial charge in [0.1, 0.15) is 0 Å². The van der Waals surface area contributed by atoms with E-state index in [9.17, 15) is 5.21 Å². The second kappa shape index (κ2) is 6.69. The van der Waals surface area contributed by atoms with Crippen molar-refractivity contribution in [1.29, 1.82) is 0 Å². The van der Waals surface area contributed by atoms with Crippen molar-refractivity contribution in [1.82, 2.24) is 5.06 Å². The van der Waals surface area contributed by atoms with Crippen LogP contribution in [0.4, 0.5) is 0 Å². The van der Waals surface area contributed by atoms with Crippen LogP contribution in [0.15, 0.2) is 60.7 Å². The molecule has 2 heteroatoms. The molecular weight excluding hydrogens is 246 g/mol. The Balaban J connectivity index is 2.26. The number of hydroxylamine groups is 2. The Hall–Kier alpha value is -1.64. The fraction of sp³-hybridized carbons (Fsp3) is 0.333. The lowest BCUT2D eigenvalue weighted by Gasteiger charge is -2.34. The summed E-state index contributed by atoms with van der Waals surface area (Å²) >= 11 is 0. The Kier molecular flexibility index (Phi) is 4.94. The highest BCUT2D eigenvalue weighted by Gasteiger charge is 2.27. The Bertz CT molecular complexity index is 509. The van der Waals surface area contributed by atoms with Crippen molar-refractivity contribution in [2.24, 2.45) is 5.92 Å². The van der Waals surface area contributed by atoms with Crippen molar-refractivity contribution in [2.45, 2.75) is 32.9 Å². The normalized spacial score (nSPS) is 14.5. The monoisotopic (exact) mass is 269 g/mol. The van der Waals surface area contributed by atoms with Crippen LogP contribution in [-0.4, -0.2) is 10.3 Å². The van der Waals surface area contributed by atoms with Crippen molar-refractivity contribution >= 4 is 0 Å². The van der Waals surface area contributed by atoms with Crippen LogP contribution in [0.3, 0.4) is 0 Å². The van der Waals surface area contributed by atoms with E-state index in [0.29, 0.717) is 5.92 Å². The van der Waals surface area contributed by atoms with Crippen molar-refractivity contribution in [3.63, 3.8) is 0 Å². The van der Waals surface area contributed by atoms with Crippen LogP contribution in [0.5, 0.6) is 0 Å². The Morgan fingerprint density at radius 3 is 1.65 bits per heavy atom. The van der Waals surface area contributed by atoms with Gasteiger partial charge in [0.05, 0.1) is 12.1 Å². The van der Waals surface area contributed by atoms with Crippen LogP contribution in [0, 0.1) is 5.92 Å². The topological polar surface area (TPSA) is 23.5 Å². The molecule has 2 aromatic rings. The predicted molar refractivity (Wildman–Crippen MR) is 82.5 cm³/mol. The molecule has 0 spiro atoms. The van der Waals surface area contributed by atoms with Crippen LogP contribution < -0.4 is 0 Å². The van der Waals surface area contributed by atoms with Gasteiger partial charge in [0.15, 0.2) is 0 Å². The maximum absolute atomic E-state index is 10.7. The fourth-order valence-electron chi connectivity index (χ4n) is 2.62. The highest BCUT2D eigenvalue weighted by molar-refractivity contribution is 5.22. The molecular formula is C18H23NO. The molecule has 2 atom stereocenters. The molecule has 0 aromatic heterocycles. The van der Waals surface area contributed by atoms with Crippen LogP contribution in [0.25, 0.3) is 0 Å². The van der Waals surface area contributed by atoms with E-state index < -0.39 is 0 Å². The average Bonchev–Trinajstić information content (AvgIpc) is 2.48. The third kappa shape index (κ3) is 3.27. The zero-order valence-corrected chi connectivity index (χ0v) is 12.4. The Labute approximate surface area is 121 Å². The van der Waals surface area contributed by atoms with E-state index in [-0.39, 0.29) is 12.1 Å². The van der Waals surface area contributed by atoms with Crippen molar-refractivity contribution < 1.29 is 5.21 Å². The number of hydrogen-bond acceptors (Lipinski definition) is 2. The zero-order valence-electron chi connectivity index (χ0n) is 12.4. The number of rotatable bonds is 5. The average molecular weight is 269 g/mol. The summed E-state index contributed by atoms with van der Waals surface area (Å²) in [5, 5.41) is 12.2. The van der Waals surface area contributed by atoms with Crippen LogP contribution in [0.2, 0.25) is 0 Å². The molecule has 0 radical (unpaired) electrons. The van der Waals surface area contributed by atoms with Crippen LogP contribution in [-0.2, 0) is 0 Å². The van der Waals surface area contributed by atoms with Crippen molar-refractivity contribution in [3.8, 4) is 0 Å². The first kappa shape index (κ1) is 14.8. The van der Waals surface area contributed by atoms with Gasteiger partial charge >= 0.3 is 0 Å². The molecule has 2 rings (SSSR count). The van der Waals surface area contributed by atoms with E-state index in [2.05, 4.69) is 38.1 Å². The predicted octanol–water partition coefficient (Wildman–Crippen LogP) is 4.84. The van der Waals surface area contributed by atoms with E-state index in [1.54, 1.807) is 0 Å². The van der Waals surface area contributed by atoms with E-state index in [1.165, 1.54) is 5.06 Å². The molecule has 0 heterocycles. The van der Waals surface area contributed by atoms with Gasteiger partial charge < -0.3 is 5.21 Å². The molecule has 20 heavy (non-hydrogen) atoms.